The number of hydrogen-bond donors (Lipinski definition) is 2. The van der Waals surface area contributed by atoms with Crippen LogP contribution in [-0.4, -0.2) is 68.8 Å². The van der Waals surface area contributed by atoms with Crippen LogP contribution in [0.15, 0.2) is 37.6 Å². The molecule has 2 aliphatic rings. The van der Waals surface area contributed by atoms with Gasteiger partial charge >= 0.3 is 196 Å². The van der Waals surface area contributed by atoms with E-state index >= 15 is 0 Å². The Hall–Kier alpha value is -1.79. The van der Waals surface area contributed by atoms with E-state index in [1.165, 1.54) is 21.7 Å². The summed E-state index contributed by atoms with van der Waals surface area (Å²) in [6, 6.07) is 0. The number of nitrogens with zero attached hydrogens (tertiary/aromatic N) is 7. The molecule has 0 aromatic carbocycles. The van der Waals surface area contributed by atoms with Gasteiger partial charge in [0.15, 0.2) is 0 Å². The van der Waals surface area contributed by atoms with Gasteiger partial charge in [0.25, 0.3) is 0 Å². The van der Waals surface area contributed by atoms with Gasteiger partial charge in [-0.2, -0.15) is 0 Å². The fourth-order valence-corrected chi connectivity index (χ4v) is 11.5. The van der Waals surface area contributed by atoms with Crippen molar-refractivity contribution in [3.8, 4) is 0 Å². The van der Waals surface area contributed by atoms with Crippen LogP contribution in [0.5, 0.6) is 0 Å². The average molecular weight is 558 g/mol. The number of halogens is 2. The van der Waals surface area contributed by atoms with Gasteiger partial charge in [0.05, 0.1) is 0 Å². The number of allylic oxidation sites excluding steroid dienone is 2. The normalized spacial score (nSPS) is 23.5. The molecule has 1 aliphatic carbocycles. The number of nitrogens with one attached hydrogen (secondary N) is 2. The Balaban J connectivity index is 1.13. The maximum absolute atomic E-state index is 5.90. The first-order chi connectivity index (χ1) is 15.1. The number of aromatic nitrogens is 6. The van der Waals surface area contributed by atoms with Crippen molar-refractivity contribution in [3.63, 3.8) is 0 Å². The molecule has 2 aromatic heterocycles. The molecule has 9 nitrogen and oxygen atoms in total. The Morgan fingerprint density at radius 3 is 2.81 bits per heavy atom. The van der Waals surface area contributed by atoms with E-state index in [-0.39, 0.29) is 6.17 Å². The molecule has 31 heavy (non-hydrogen) atoms. The van der Waals surface area contributed by atoms with Crippen LogP contribution in [0.3, 0.4) is 0 Å². The van der Waals surface area contributed by atoms with E-state index in [1.54, 1.807) is 29.5 Å². The molecule has 2 N–H and O–H groups in total. The van der Waals surface area contributed by atoms with Gasteiger partial charge in [0.1, 0.15) is 0 Å². The summed E-state index contributed by atoms with van der Waals surface area (Å²) in [5.74, 6) is 1.75. The molecule has 0 amide bonds. The van der Waals surface area contributed by atoms with Gasteiger partial charge in [-0.1, -0.05) is 0 Å². The second-order valence-corrected chi connectivity index (χ2v) is 14.8. The van der Waals surface area contributed by atoms with E-state index in [0.717, 1.165) is 41.1 Å². The quantitative estimate of drug-likeness (QED) is 0.199. The number of alkyl halides is 3. The molecular weight excluding hydrogens is 529 g/mol. The average Bonchev–Trinajstić information content (AvgIpc) is 3.35. The van der Waals surface area contributed by atoms with Crippen molar-refractivity contribution < 1.29 is 0 Å². The minimum absolute atomic E-state index is 0.171. The van der Waals surface area contributed by atoms with E-state index in [9.17, 15) is 0 Å². The molecule has 2 aromatic rings. The molecule has 1 unspecified atom stereocenters. The summed E-state index contributed by atoms with van der Waals surface area (Å²) in [5.41, 5.74) is 0.808. The Morgan fingerprint density at radius 1 is 1.35 bits per heavy atom. The van der Waals surface area contributed by atoms with Gasteiger partial charge in [-0.3, -0.25) is 0 Å². The third-order valence-electron chi connectivity index (χ3n) is 5.59. The van der Waals surface area contributed by atoms with Crippen molar-refractivity contribution in [1.29, 1.82) is 0 Å². The van der Waals surface area contributed by atoms with Crippen molar-refractivity contribution in [1.82, 2.24) is 40.8 Å². The monoisotopic (exact) mass is 557 g/mol. The van der Waals surface area contributed by atoms with Gasteiger partial charge in [-0.25, -0.2) is 0 Å². The van der Waals surface area contributed by atoms with Crippen LogP contribution in [0.4, 0.5) is 5.95 Å². The molecule has 0 radical (unpaired) electrons. The van der Waals surface area contributed by atoms with Crippen LogP contribution in [0, 0.1) is 5.92 Å². The molecular formula is C20H29ClIN9. The van der Waals surface area contributed by atoms with Gasteiger partial charge in [-0.05, 0) is 0 Å². The van der Waals surface area contributed by atoms with Crippen LogP contribution in [-0.2, 0) is 0 Å². The molecule has 0 bridgehead atoms. The van der Waals surface area contributed by atoms with Crippen LogP contribution in [0.1, 0.15) is 19.8 Å². The molecule has 1 aliphatic heterocycles. The Bertz CT molecular complexity index is 865. The summed E-state index contributed by atoms with van der Waals surface area (Å²) in [4.78, 5) is 11.1. The van der Waals surface area contributed by atoms with E-state index < -0.39 is 19.8 Å². The zero-order chi connectivity index (χ0) is 21.6. The van der Waals surface area contributed by atoms with Gasteiger partial charge in [-0.15, -0.1) is 0 Å². The first kappa shape index (κ1) is 22.4. The van der Waals surface area contributed by atoms with E-state index in [2.05, 4.69) is 54.5 Å². The van der Waals surface area contributed by atoms with E-state index in [4.69, 9.17) is 11.6 Å². The molecule has 0 spiro atoms. The molecule has 1 saturated carbocycles. The molecule has 3 atom stereocenters. The topological polar surface area (TPSA) is 96.7 Å². The summed E-state index contributed by atoms with van der Waals surface area (Å²) >= 11 is 5.06. The summed E-state index contributed by atoms with van der Waals surface area (Å²) < 4.78 is 5.38. The number of anilines is 1. The minimum atomic E-state index is -0.844. The third kappa shape index (κ3) is 6.13. The second-order valence-electron chi connectivity index (χ2n) is 7.73. The zero-order valence-corrected chi connectivity index (χ0v) is 20.6. The first-order valence-corrected chi connectivity index (χ1v) is 15.2. The third-order valence-corrected chi connectivity index (χ3v) is 13.3. The number of hydrogen-bond acceptors (Lipinski definition) is 8. The zero-order valence-electron chi connectivity index (χ0n) is 17.7. The van der Waals surface area contributed by atoms with E-state index in [1.807, 2.05) is 6.20 Å². The van der Waals surface area contributed by atoms with Crippen molar-refractivity contribution >= 4 is 43.1 Å². The van der Waals surface area contributed by atoms with Crippen LogP contribution >= 0.6 is 31.4 Å². The first-order valence-electron chi connectivity index (χ1n) is 10.5. The standard InChI is InChI=1S/C20H29ClIN9/c1-3-18(31-14-27-28-29-31)13-24-15(2)23-7-4-16-10-19(16)22-5-8-30(9-6-22)20-25-11-17(21)12-26-20/h3,11-16,19,23-24H,1,4-10H2,2H3/b18-13+/t15?,16-,19+/m1/s1. The fraction of sp³-hybridized carbons (Fsp3) is 0.550. The van der Waals surface area contributed by atoms with E-state index in [0.29, 0.717) is 5.02 Å². The molecule has 168 valence electrons. The van der Waals surface area contributed by atoms with Crippen LogP contribution in [0.25, 0.3) is 5.70 Å². The van der Waals surface area contributed by atoms with Gasteiger partial charge in [0, 0.05) is 0 Å². The van der Waals surface area contributed by atoms with Crippen molar-refractivity contribution in [2.24, 2.45) is 5.92 Å². The van der Waals surface area contributed by atoms with Crippen LogP contribution < -0.4 is 15.5 Å². The Labute approximate surface area is 195 Å². The molecule has 3 heterocycles. The Kier molecular flexibility index (Phi) is 7.72. The molecule has 2 fully saturated rings. The predicted molar refractivity (Wildman–Crippen MR) is 132 cm³/mol. The fourth-order valence-electron chi connectivity index (χ4n) is 3.72. The number of rotatable bonds is 10. The van der Waals surface area contributed by atoms with Crippen molar-refractivity contribution in [2.75, 3.05) is 33.4 Å². The maximum atomic E-state index is 5.90. The molecule has 11 heteroatoms. The summed E-state index contributed by atoms with van der Waals surface area (Å²) in [6.45, 7) is 9.17. The second kappa shape index (κ2) is 10.7. The number of tetrazole rings is 1. The Morgan fingerprint density at radius 2 is 2.13 bits per heavy atom. The summed E-state index contributed by atoms with van der Waals surface area (Å²) in [7, 11) is 0. The van der Waals surface area contributed by atoms with Crippen molar-refractivity contribution in [2.45, 2.75) is 29.9 Å². The van der Waals surface area contributed by atoms with Gasteiger partial charge in [0.2, 0.25) is 0 Å². The summed E-state index contributed by atoms with van der Waals surface area (Å²) in [5, 5.41) is 18.7. The molecule has 1 saturated heterocycles. The molecule has 4 rings (SSSR count). The van der Waals surface area contributed by atoms with Crippen molar-refractivity contribution in [3.05, 3.63) is 42.6 Å². The SMILES string of the molecule is C=C/C(=C\NC(C)NCC[C@@H]1C[C@@H]1I1CCN(c2ncc(Cl)cn2)CC1)n1cnnn1. The summed E-state index contributed by atoms with van der Waals surface area (Å²) in [6.07, 6.45) is 11.4. The predicted octanol–water partition coefficient (Wildman–Crippen LogP) is 2.43. The van der Waals surface area contributed by atoms with Gasteiger partial charge < -0.3 is 0 Å². The van der Waals surface area contributed by atoms with Crippen LogP contribution in [0.2, 0.25) is 5.02 Å².